The molecule has 6 heterocycles. The third-order valence-electron chi connectivity index (χ3n) is 14.3. The number of fused-ring (bicyclic) bond motifs is 2. The Morgan fingerprint density at radius 3 is 1.52 bits per heavy atom. The molecule has 2 aromatic rings. The molecule has 8 rings (SSSR count). The summed E-state index contributed by atoms with van der Waals surface area (Å²) in [5, 5.41) is 32.3. The number of hydrogen-bond acceptors (Lipinski definition) is 13. The molecule has 6 aliphatic heterocycles. The topological polar surface area (TPSA) is 226 Å². The molecule has 6 atom stereocenters. The number of aliphatic hydroxyl groups excluding tert-OH is 2. The minimum absolute atomic E-state index is 0.0277. The van der Waals surface area contributed by atoms with Gasteiger partial charge in [-0.3, -0.25) is 14.4 Å². The molecule has 0 bridgehead atoms. The molecule has 3 amide bonds. The molecule has 0 aliphatic carbocycles. The first-order valence-corrected chi connectivity index (χ1v) is 25.5. The number of anilines is 2. The van der Waals surface area contributed by atoms with E-state index in [1.807, 2.05) is 48.5 Å². The number of nitrogens with two attached hydrogens (primary N) is 1. The maximum absolute atomic E-state index is 13.2. The first-order chi connectivity index (χ1) is 34.5. The van der Waals surface area contributed by atoms with E-state index in [1.165, 1.54) is 0 Å². The van der Waals surface area contributed by atoms with Crippen LogP contribution in [-0.2, 0) is 38.1 Å². The molecule has 19 heteroatoms. The Morgan fingerprint density at radius 2 is 1.07 bits per heavy atom. The predicted octanol–water partition coefficient (Wildman–Crippen LogP) is 4.15. The van der Waals surface area contributed by atoms with Gasteiger partial charge in [0.05, 0.1) is 38.4 Å². The maximum atomic E-state index is 13.2. The Bertz CT molecular complexity index is 2100. The Labute approximate surface area is 418 Å². The number of amides is 3. The molecule has 6 aliphatic rings. The summed E-state index contributed by atoms with van der Waals surface area (Å²) >= 11 is 0. The Kier molecular flexibility index (Phi) is 22.1. The van der Waals surface area contributed by atoms with E-state index in [-0.39, 0.29) is 30.5 Å². The molecule has 6 fully saturated rings. The summed E-state index contributed by atoms with van der Waals surface area (Å²) in [5.41, 5.74) is 9.12. The molecule has 0 aromatic heterocycles. The van der Waals surface area contributed by atoms with Crippen LogP contribution < -0.4 is 20.9 Å². The average molecular weight is 987 g/mol. The van der Waals surface area contributed by atoms with Crippen LogP contribution in [0.4, 0.5) is 22.7 Å². The largest absolute Gasteiger partial charge is 0.479 e. The predicted molar refractivity (Wildman–Crippen MR) is 266 cm³/mol. The van der Waals surface area contributed by atoms with Crippen LogP contribution in [0.15, 0.2) is 48.5 Å². The number of para-hydroxylation sites is 4. The summed E-state index contributed by atoms with van der Waals surface area (Å²) in [7, 11) is 0. The number of benzene rings is 2. The molecule has 6 N–H and O–H groups in total. The second-order valence-corrected chi connectivity index (χ2v) is 19.1. The number of hydrogen-bond donors (Lipinski definition) is 5. The van der Waals surface area contributed by atoms with Gasteiger partial charge >= 0.3 is 5.97 Å². The van der Waals surface area contributed by atoms with E-state index < -0.39 is 42.2 Å². The molecule has 71 heavy (non-hydrogen) atoms. The van der Waals surface area contributed by atoms with E-state index in [0.717, 1.165) is 114 Å². The first kappa shape index (κ1) is 54.9. The first-order valence-electron chi connectivity index (χ1n) is 25.5. The van der Waals surface area contributed by atoms with Crippen molar-refractivity contribution in [2.75, 3.05) is 102 Å². The molecule has 0 spiro atoms. The van der Waals surface area contributed by atoms with Gasteiger partial charge in [0.2, 0.25) is 11.4 Å². The second-order valence-electron chi connectivity index (χ2n) is 19.1. The monoisotopic (exact) mass is 987 g/mol. The Morgan fingerprint density at radius 1 is 0.634 bits per heavy atom. The quantitative estimate of drug-likeness (QED) is 0.223. The van der Waals surface area contributed by atoms with Crippen LogP contribution >= 0.6 is 0 Å². The fourth-order valence-electron chi connectivity index (χ4n) is 10.0. The van der Waals surface area contributed by atoms with Crippen LogP contribution in [-0.4, -0.2) is 177 Å². The minimum Gasteiger partial charge on any atom is -0.479 e. The lowest BCUT2D eigenvalue weighted by Crippen LogP contribution is -2.54. The smallest absolute Gasteiger partial charge is 0.335 e. The lowest BCUT2D eigenvalue weighted by molar-refractivity contribution is -0.167. The van der Waals surface area contributed by atoms with E-state index in [2.05, 4.69) is 24.8 Å². The third-order valence-corrected chi connectivity index (χ3v) is 14.3. The van der Waals surface area contributed by atoms with Crippen LogP contribution in [0.5, 0.6) is 0 Å². The summed E-state index contributed by atoms with van der Waals surface area (Å²) in [6.07, 6.45) is 4.54. The highest BCUT2D eigenvalue weighted by molar-refractivity contribution is 5.91. The number of aliphatic carboxylic acids is 1. The van der Waals surface area contributed by atoms with Crippen molar-refractivity contribution >= 4 is 46.4 Å². The van der Waals surface area contributed by atoms with Crippen molar-refractivity contribution in [2.45, 2.75) is 114 Å². The number of ether oxygens (including phenoxy) is 4. The van der Waals surface area contributed by atoms with Crippen LogP contribution in [0.2, 0.25) is 0 Å². The lowest BCUT2D eigenvalue weighted by atomic mass is 9.96. The summed E-state index contributed by atoms with van der Waals surface area (Å²) in [6.45, 7) is 23.3. The highest BCUT2D eigenvalue weighted by atomic mass is 16.5. The highest BCUT2D eigenvalue weighted by Gasteiger charge is 2.42. The number of piperidine rings is 2. The SMILES string of the molecule is O=C(O)[C@H](O)[C@H]1OCCCCOC[C@H]2CCCN2C1=O.[C-]#[N+]c1ccccc1N1CCC(CN)CC1.[C-]#[N+]c1ccccc1N1CCC(CNC(=O)[C@H](O)[C@H]2OCCCCOC[C@H]3CCCN3C2=O)CC1. The van der Waals surface area contributed by atoms with Gasteiger partial charge < -0.3 is 64.9 Å². The third kappa shape index (κ3) is 15.6. The van der Waals surface area contributed by atoms with Crippen LogP contribution in [0, 0.1) is 25.0 Å². The summed E-state index contributed by atoms with van der Waals surface area (Å²) < 4.78 is 22.4. The van der Waals surface area contributed by atoms with Crippen molar-refractivity contribution < 1.29 is 53.4 Å². The summed E-state index contributed by atoms with van der Waals surface area (Å²) in [5.74, 6) is -1.85. The van der Waals surface area contributed by atoms with E-state index in [0.29, 0.717) is 77.1 Å². The van der Waals surface area contributed by atoms with Gasteiger partial charge in [0.15, 0.2) is 24.4 Å². The van der Waals surface area contributed by atoms with Gasteiger partial charge in [0.25, 0.3) is 17.7 Å². The molecule has 2 aromatic carbocycles. The molecule has 19 nitrogen and oxygen atoms in total. The number of carbonyl (C=O) groups is 4. The minimum atomic E-state index is -1.83. The van der Waals surface area contributed by atoms with Crippen LogP contribution in [0.3, 0.4) is 0 Å². The fraction of sp³-hybridized carbons (Fsp3) is 0.654. The van der Waals surface area contributed by atoms with E-state index in [1.54, 1.807) is 9.80 Å². The van der Waals surface area contributed by atoms with Crippen molar-refractivity contribution in [1.29, 1.82) is 0 Å². The van der Waals surface area contributed by atoms with Crippen molar-refractivity contribution in [1.82, 2.24) is 15.1 Å². The van der Waals surface area contributed by atoms with Crippen molar-refractivity contribution in [3.8, 4) is 0 Å². The maximum Gasteiger partial charge on any atom is 0.335 e. The Hall–Kier alpha value is -5.38. The summed E-state index contributed by atoms with van der Waals surface area (Å²) in [4.78, 5) is 64.4. The number of nitrogens with zero attached hydrogens (tertiary/aromatic N) is 6. The van der Waals surface area contributed by atoms with E-state index in [4.69, 9.17) is 42.9 Å². The molecule has 0 radical (unpaired) electrons. The van der Waals surface area contributed by atoms with Gasteiger partial charge in [0, 0.05) is 83.6 Å². The van der Waals surface area contributed by atoms with Crippen molar-refractivity contribution in [3.05, 3.63) is 71.4 Å². The fourth-order valence-corrected chi connectivity index (χ4v) is 10.0. The van der Waals surface area contributed by atoms with Gasteiger partial charge in [-0.1, -0.05) is 36.4 Å². The number of carbonyl (C=O) groups excluding carboxylic acids is 3. The lowest BCUT2D eigenvalue weighted by Gasteiger charge is -2.34. The van der Waals surface area contributed by atoms with Crippen LogP contribution in [0.25, 0.3) is 9.69 Å². The molecular weight excluding hydrogens is 913 g/mol. The molecular formula is C52H74N8O11. The van der Waals surface area contributed by atoms with Crippen molar-refractivity contribution in [3.63, 3.8) is 0 Å². The standard InChI is InChI=1S/C26H36N4O5.C13H17N3.C13H21NO6/c1-27-21-8-2-3-9-22(21)29-13-10-19(11-14-29)17-28-25(32)23(31)24-26(33)30-12-6-7-20(30)18-34-15-4-5-16-35-24;1-15-12-4-2-3-5-13(12)16-8-6-11(10-14)7-9-16;15-10(13(17)18)11-12(16)14-5-3-4-9(14)8-19-6-1-2-7-20-11/h2-3,8-9,19-20,23-24,31H,4-7,10-18H2,(H,28,32);2-5,11H,6-10,14H2;9-11,15H,1-8H2,(H,17,18)/t20-,23-,24-;;9-,10-,11-/m1.1/s1. The number of carboxylic acid groups (broad SMARTS) is 1. The average Bonchev–Trinajstić information content (AvgIpc) is 4.08. The van der Waals surface area contributed by atoms with Gasteiger partial charge in [-0.25, -0.2) is 14.5 Å². The van der Waals surface area contributed by atoms with Gasteiger partial charge in [0.1, 0.15) is 0 Å². The van der Waals surface area contributed by atoms with E-state index >= 15 is 0 Å². The zero-order valence-corrected chi connectivity index (χ0v) is 41.0. The van der Waals surface area contributed by atoms with Crippen LogP contribution in [0.1, 0.15) is 77.0 Å². The normalized spacial score (nSPS) is 24.9. The highest BCUT2D eigenvalue weighted by Crippen LogP contribution is 2.33. The summed E-state index contributed by atoms with van der Waals surface area (Å²) in [6, 6.07) is 15.4. The molecule has 6 saturated heterocycles. The van der Waals surface area contributed by atoms with Crippen molar-refractivity contribution in [2.24, 2.45) is 17.6 Å². The second kappa shape index (κ2) is 28.6. The van der Waals surface area contributed by atoms with Gasteiger partial charge in [-0.05, 0) is 108 Å². The molecule has 0 saturated carbocycles. The van der Waals surface area contributed by atoms with Gasteiger partial charge in [-0.15, -0.1) is 0 Å². The zero-order chi connectivity index (χ0) is 50.5. The molecule has 388 valence electrons. The number of nitrogens with one attached hydrogen (secondary N) is 1. The zero-order valence-electron chi connectivity index (χ0n) is 41.0. The van der Waals surface area contributed by atoms with E-state index in [9.17, 15) is 29.4 Å². The number of aliphatic hydroxyl groups is 2. The Balaban J connectivity index is 0.000000193. The number of carboxylic acids is 1. The number of rotatable bonds is 9. The molecule has 0 unspecified atom stereocenters. The van der Waals surface area contributed by atoms with Gasteiger partial charge in [-0.2, -0.15) is 0 Å².